The second-order valence-electron chi connectivity index (χ2n) is 4.74. The van der Waals surface area contributed by atoms with Gasteiger partial charge in [0.15, 0.2) is 0 Å². The molecule has 0 aliphatic rings. The van der Waals surface area contributed by atoms with Crippen LogP contribution < -0.4 is 16.0 Å². The van der Waals surface area contributed by atoms with Gasteiger partial charge in [0.05, 0.1) is 4.88 Å². The third-order valence-corrected chi connectivity index (χ3v) is 4.19. The number of thiophene rings is 1. The first kappa shape index (κ1) is 14.6. The highest BCUT2D eigenvalue weighted by Gasteiger charge is 2.13. The highest BCUT2D eigenvalue weighted by Crippen LogP contribution is 2.25. The number of nitrogens with two attached hydrogens (primary N) is 1. The molecule has 0 unspecified atom stereocenters. The topological polar surface area (TPSA) is 64.3 Å². The Labute approximate surface area is 122 Å². The summed E-state index contributed by atoms with van der Waals surface area (Å²) in [7, 11) is 0. The fourth-order valence-corrected chi connectivity index (χ4v) is 2.83. The van der Waals surface area contributed by atoms with Crippen molar-refractivity contribution in [2.24, 2.45) is 5.84 Å². The third kappa shape index (κ3) is 3.00. The van der Waals surface area contributed by atoms with Gasteiger partial charge in [-0.15, -0.1) is 11.3 Å². The lowest BCUT2D eigenvalue weighted by atomic mass is 10.1. The van der Waals surface area contributed by atoms with Gasteiger partial charge in [-0.1, -0.05) is 6.07 Å². The Hall–Kier alpha value is -1.85. The van der Waals surface area contributed by atoms with Crippen LogP contribution in [-0.4, -0.2) is 5.91 Å². The maximum absolute atomic E-state index is 11.6. The summed E-state index contributed by atoms with van der Waals surface area (Å²) in [5.41, 5.74) is 6.48. The van der Waals surface area contributed by atoms with E-state index in [1.165, 1.54) is 16.9 Å². The highest BCUT2D eigenvalue weighted by molar-refractivity contribution is 7.12. The first-order valence-electron chi connectivity index (χ1n) is 6.31. The molecule has 1 aromatic heterocycles. The average molecular weight is 290 g/mol. The standard InChI is InChI=1S/C15H18N2O2S/c1-9-6-10(2)11(3)13(7-9)19-8-12-4-5-20-14(12)15(18)17-16/h4-7H,8,16H2,1-3H3,(H,17,18). The fraction of sp³-hybridized carbons (Fsp3) is 0.267. The number of ether oxygens (including phenoxy) is 1. The van der Waals surface area contributed by atoms with E-state index in [4.69, 9.17) is 10.6 Å². The van der Waals surface area contributed by atoms with Crippen molar-refractivity contribution in [2.45, 2.75) is 27.4 Å². The minimum atomic E-state index is -0.282. The number of carbonyl (C=O) groups is 1. The lowest BCUT2D eigenvalue weighted by Crippen LogP contribution is -2.30. The minimum Gasteiger partial charge on any atom is -0.489 e. The van der Waals surface area contributed by atoms with Crippen molar-refractivity contribution in [3.05, 3.63) is 50.7 Å². The van der Waals surface area contributed by atoms with Gasteiger partial charge in [0, 0.05) is 5.56 Å². The number of nitrogen functional groups attached to an aromatic ring is 1. The van der Waals surface area contributed by atoms with Crippen LogP contribution in [0.15, 0.2) is 23.6 Å². The zero-order chi connectivity index (χ0) is 14.7. The molecule has 3 N–H and O–H groups in total. The van der Waals surface area contributed by atoms with Crippen molar-refractivity contribution >= 4 is 17.2 Å². The second kappa shape index (κ2) is 6.07. The van der Waals surface area contributed by atoms with E-state index >= 15 is 0 Å². The summed E-state index contributed by atoms with van der Waals surface area (Å²) < 4.78 is 5.86. The monoisotopic (exact) mass is 290 g/mol. The predicted molar refractivity (Wildman–Crippen MR) is 81.0 cm³/mol. The zero-order valence-corrected chi connectivity index (χ0v) is 12.6. The van der Waals surface area contributed by atoms with Gasteiger partial charge in [0.2, 0.25) is 0 Å². The first-order chi connectivity index (χ1) is 9.52. The maximum atomic E-state index is 11.6. The van der Waals surface area contributed by atoms with Gasteiger partial charge in [-0.05, 0) is 55.0 Å². The molecule has 0 saturated carbocycles. The molecular weight excluding hydrogens is 272 g/mol. The summed E-state index contributed by atoms with van der Waals surface area (Å²) in [6.45, 7) is 6.49. The van der Waals surface area contributed by atoms with E-state index in [9.17, 15) is 4.79 Å². The molecule has 0 radical (unpaired) electrons. The molecule has 0 saturated heterocycles. The Morgan fingerprint density at radius 1 is 1.35 bits per heavy atom. The van der Waals surface area contributed by atoms with Crippen LogP contribution in [0.4, 0.5) is 0 Å². The largest absolute Gasteiger partial charge is 0.489 e. The van der Waals surface area contributed by atoms with E-state index in [2.05, 4.69) is 18.4 Å². The number of carbonyl (C=O) groups excluding carboxylic acids is 1. The number of rotatable bonds is 4. The molecule has 5 heteroatoms. The Kier molecular flexibility index (Phi) is 4.42. The lowest BCUT2D eigenvalue weighted by Gasteiger charge is -2.12. The molecule has 0 atom stereocenters. The smallest absolute Gasteiger partial charge is 0.275 e. The highest BCUT2D eigenvalue weighted by atomic mass is 32.1. The molecule has 0 aliphatic carbocycles. The predicted octanol–water partition coefficient (Wildman–Crippen LogP) is 2.86. The number of hydrogen-bond donors (Lipinski definition) is 2. The van der Waals surface area contributed by atoms with Crippen LogP contribution >= 0.6 is 11.3 Å². The van der Waals surface area contributed by atoms with E-state index in [-0.39, 0.29) is 5.91 Å². The molecule has 1 amide bonds. The SMILES string of the molecule is Cc1cc(C)c(C)c(OCc2ccsc2C(=O)NN)c1. The summed E-state index contributed by atoms with van der Waals surface area (Å²) in [5.74, 6) is 5.74. The van der Waals surface area contributed by atoms with Crippen LogP contribution in [0, 0.1) is 20.8 Å². The van der Waals surface area contributed by atoms with Crippen LogP contribution in [0.2, 0.25) is 0 Å². The van der Waals surface area contributed by atoms with E-state index in [0.29, 0.717) is 11.5 Å². The molecule has 1 heterocycles. The minimum absolute atomic E-state index is 0.282. The number of aryl methyl sites for hydroxylation is 2. The summed E-state index contributed by atoms with van der Waals surface area (Å²) >= 11 is 1.36. The number of benzene rings is 1. The van der Waals surface area contributed by atoms with E-state index < -0.39 is 0 Å². The second-order valence-corrected chi connectivity index (χ2v) is 5.66. The van der Waals surface area contributed by atoms with Crippen LogP contribution in [-0.2, 0) is 6.61 Å². The summed E-state index contributed by atoms with van der Waals surface area (Å²) in [6.07, 6.45) is 0. The fourth-order valence-electron chi connectivity index (χ4n) is 2.02. The zero-order valence-electron chi connectivity index (χ0n) is 11.8. The van der Waals surface area contributed by atoms with E-state index in [1.54, 1.807) is 0 Å². The van der Waals surface area contributed by atoms with Gasteiger partial charge in [0.1, 0.15) is 12.4 Å². The molecule has 2 rings (SSSR count). The Balaban J connectivity index is 2.18. The summed E-state index contributed by atoms with van der Waals surface area (Å²) in [5, 5.41) is 1.86. The van der Waals surface area contributed by atoms with Crippen LogP contribution in [0.1, 0.15) is 31.9 Å². The molecule has 0 aliphatic heterocycles. The lowest BCUT2D eigenvalue weighted by molar-refractivity contribution is 0.0955. The van der Waals surface area contributed by atoms with Crippen molar-refractivity contribution in [3.8, 4) is 5.75 Å². The average Bonchev–Trinajstić information content (AvgIpc) is 2.88. The van der Waals surface area contributed by atoms with Crippen LogP contribution in [0.5, 0.6) is 5.75 Å². The van der Waals surface area contributed by atoms with Crippen molar-refractivity contribution in [1.29, 1.82) is 0 Å². The van der Waals surface area contributed by atoms with Gasteiger partial charge in [-0.25, -0.2) is 5.84 Å². The van der Waals surface area contributed by atoms with Crippen molar-refractivity contribution < 1.29 is 9.53 Å². The number of hydrazine groups is 1. The molecule has 0 spiro atoms. The van der Waals surface area contributed by atoms with Crippen LogP contribution in [0.25, 0.3) is 0 Å². The van der Waals surface area contributed by atoms with Gasteiger partial charge in [-0.2, -0.15) is 0 Å². The maximum Gasteiger partial charge on any atom is 0.275 e. The molecule has 2 aromatic rings. The first-order valence-corrected chi connectivity index (χ1v) is 7.19. The molecule has 0 bridgehead atoms. The molecule has 4 nitrogen and oxygen atoms in total. The van der Waals surface area contributed by atoms with Gasteiger partial charge in [0.25, 0.3) is 5.91 Å². The van der Waals surface area contributed by atoms with Gasteiger partial charge >= 0.3 is 0 Å². The van der Waals surface area contributed by atoms with E-state index in [1.807, 2.05) is 31.4 Å². The Morgan fingerprint density at radius 3 is 2.80 bits per heavy atom. The molecule has 1 aromatic carbocycles. The molecule has 0 fully saturated rings. The third-order valence-electron chi connectivity index (χ3n) is 3.23. The number of hydrogen-bond acceptors (Lipinski definition) is 4. The number of amides is 1. The Morgan fingerprint density at radius 2 is 2.10 bits per heavy atom. The number of nitrogens with one attached hydrogen (secondary N) is 1. The normalized spacial score (nSPS) is 10.4. The Bertz CT molecular complexity index is 635. The van der Waals surface area contributed by atoms with Crippen LogP contribution in [0.3, 0.4) is 0 Å². The van der Waals surface area contributed by atoms with Gasteiger partial charge in [-0.3, -0.25) is 10.2 Å². The van der Waals surface area contributed by atoms with Gasteiger partial charge < -0.3 is 4.74 Å². The molecule has 106 valence electrons. The quantitative estimate of drug-likeness (QED) is 0.517. The van der Waals surface area contributed by atoms with E-state index in [0.717, 1.165) is 22.4 Å². The van der Waals surface area contributed by atoms with Crippen molar-refractivity contribution in [3.63, 3.8) is 0 Å². The molecule has 20 heavy (non-hydrogen) atoms. The van der Waals surface area contributed by atoms with Crippen molar-refractivity contribution in [1.82, 2.24) is 5.43 Å². The van der Waals surface area contributed by atoms with Crippen molar-refractivity contribution in [2.75, 3.05) is 0 Å². The summed E-state index contributed by atoms with van der Waals surface area (Å²) in [4.78, 5) is 12.2. The molecular formula is C15H18N2O2S. The summed E-state index contributed by atoms with van der Waals surface area (Å²) in [6, 6.07) is 6.02.